The van der Waals surface area contributed by atoms with Crippen molar-refractivity contribution >= 4 is 17.6 Å². The molecule has 0 aliphatic heterocycles. The van der Waals surface area contributed by atoms with Crippen molar-refractivity contribution in [2.45, 2.75) is 39.2 Å². The highest BCUT2D eigenvalue weighted by Crippen LogP contribution is 2.22. The largest absolute Gasteiger partial charge is 0.465 e. The third-order valence-electron chi connectivity index (χ3n) is 2.44. The molecule has 0 fully saturated rings. The van der Waals surface area contributed by atoms with Crippen LogP contribution in [0.25, 0.3) is 0 Å². The summed E-state index contributed by atoms with van der Waals surface area (Å²) in [6.45, 7) is 6.68. The van der Waals surface area contributed by atoms with E-state index in [1.807, 2.05) is 0 Å². The Morgan fingerprint density at radius 2 is 1.95 bits per heavy atom. The Hall–Kier alpha value is -2.51. The molecule has 0 aliphatic carbocycles. The molecule has 8 nitrogen and oxygen atoms in total. The van der Waals surface area contributed by atoms with E-state index >= 15 is 0 Å². The van der Waals surface area contributed by atoms with E-state index in [2.05, 4.69) is 4.98 Å². The van der Waals surface area contributed by atoms with E-state index in [1.165, 1.54) is 12.1 Å². The molecular weight excluding hydrogens is 292 g/mol. The minimum Gasteiger partial charge on any atom is -0.465 e. The lowest BCUT2D eigenvalue weighted by Gasteiger charge is -2.22. The van der Waals surface area contributed by atoms with Crippen LogP contribution in [0.4, 0.5) is 5.69 Å². The van der Waals surface area contributed by atoms with E-state index in [4.69, 9.17) is 9.47 Å². The van der Waals surface area contributed by atoms with Crippen molar-refractivity contribution in [2.24, 2.45) is 0 Å². The van der Waals surface area contributed by atoms with E-state index in [9.17, 15) is 19.7 Å². The molecule has 0 N–H and O–H groups in total. The van der Waals surface area contributed by atoms with E-state index in [0.717, 1.165) is 6.20 Å². The molecule has 120 valence electrons. The zero-order valence-corrected chi connectivity index (χ0v) is 12.9. The van der Waals surface area contributed by atoms with Crippen molar-refractivity contribution in [3.05, 3.63) is 34.1 Å². The van der Waals surface area contributed by atoms with E-state index in [-0.39, 0.29) is 18.0 Å². The van der Waals surface area contributed by atoms with Crippen LogP contribution in [-0.4, -0.2) is 34.1 Å². The summed E-state index contributed by atoms with van der Waals surface area (Å²) >= 11 is 0. The first-order chi connectivity index (χ1) is 10.2. The lowest BCUT2D eigenvalue weighted by molar-refractivity contribution is -0.385. The summed E-state index contributed by atoms with van der Waals surface area (Å²) in [5, 5.41) is 10.6. The molecule has 1 aromatic rings. The van der Waals surface area contributed by atoms with Gasteiger partial charge in [-0.25, -0.2) is 0 Å². The van der Waals surface area contributed by atoms with Gasteiger partial charge in [0.2, 0.25) is 0 Å². The molecule has 22 heavy (non-hydrogen) atoms. The summed E-state index contributed by atoms with van der Waals surface area (Å²) in [4.78, 5) is 38.0. The second-order valence-corrected chi connectivity index (χ2v) is 5.42. The van der Waals surface area contributed by atoms with Crippen LogP contribution in [0.5, 0.6) is 0 Å². The number of hydrogen-bond donors (Lipinski definition) is 0. The van der Waals surface area contributed by atoms with Crippen LogP contribution in [0.15, 0.2) is 18.3 Å². The van der Waals surface area contributed by atoms with Crippen LogP contribution in [0.1, 0.15) is 39.3 Å². The minimum atomic E-state index is -1.38. The number of aromatic nitrogens is 1. The number of nitro groups is 1. The molecule has 0 aromatic carbocycles. The minimum absolute atomic E-state index is 0.0401. The quantitative estimate of drug-likeness (QED) is 0.354. The molecule has 1 aromatic heterocycles. The van der Waals surface area contributed by atoms with Gasteiger partial charge in [0.15, 0.2) is 5.92 Å². The predicted molar refractivity (Wildman–Crippen MR) is 76.1 cm³/mol. The summed E-state index contributed by atoms with van der Waals surface area (Å²) in [6.07, 6.45) is 0.978. The van der Waals surface area contributed by atoms with Gasteiger partial charge in [-0.05, 0) is 33.8 Å². The zero-order chi connectivity index (χ0) is 16.9. The van der Waals surface area contributed by atoms with Crippen molar-refractivity contribution in [3.63, 3.8) is 0 Å². The van der Waals surface area contributed by atoms with Gasteiger partial charge in [-0.1, -0.05) is 0 Å². The van der Waals surface area contributed by atoms with Crippen LogP contribution in [0.3, 0.4) is 0 Å². The first kappa shape index (κ1) is 17.5. The number of esters is 2. The molecule has 0 bridgehead atoms. The second kappa shape index (κ2) is 6.97. The molecule has 0 saturated heterocycles. The summed E-state index contributed by atoms with van der Waals surface area (Å²) in [5.41, 5.74) is -0.989. The first-order valence-corrected chi connectivity index (χ1v) is 6.65. The topological polar surface area (TPSA) is 109 Å². The number of carbonyl (C=O) groups is 2. The maximum Gasteiger partial charge on any atom is 0.327 e. The number of ether oxygens (including phenoxy) is 2. The van der Waals surface area contributed by atoms with Crippen LogP contribution < -0.4 is 0 Å². The number of nitrogens with zero attached hydrogens (tertiary/aromatic N) is 2. The van der Waals surface area contributed by atoms with Crippen LogP contribution in [-0.2, 0) is 19.1 Å². The molecule has 0 radical (unpaired) electrons. The van der Waals surface area contributed by atoms with Gasteiger partial charge in [0.05, 0.1) is 17.2 Å². The van der Waals surface area contributed by atoms with Gasteiger partial charge in [0.1, 0.15) is 11.8 Å². The Kier molecular flexibility index (Phi) is 5.56. The molecule has 1 heterocycles. The SMILES string of the molecule is CCOC(=O)[C@@H](C(=O)OC(C)(C)C)c1ccc([N+](=O)[O-])cn1. The highest BCUT2D eigenvalue weighted by Gasteiger charge is 2.35. The summed E-state index contributed by atoms with van der Waals surface area (Å²) in [7, 11) is 0. The monoisotopic (exact) mass is 310 g/mol. The third-order valence-corrected chi connectivity index (χ3v) is 2.44. The molecular formula is C14H18N2O6. The van der Waals surface area contributed by atoms with Gasteiger partial charge < -0.3 is 9.47 Å². The highest BCUT2D eigenvalue weighted by molar-refractivity contribution is 6.00. The summed E-state index contributed by atoms with van der Waals surface area (Å²) < 4.78 is 10.0. The van der Waals surface area contributed by atoms with Gasteiger partial charge in [-0.2, -0.15) is 0 Å². The van der Waals surface area contributed by atoms with Crippen LogP contribution in [0, 0.1) is 10.1 Å². The smallest absolute Gasteiger partial charge is 0.327 e. The van der Waals surface area contributed by atoms with Gasteiger partial charge in [-0.3, -0.25) is 24.7 Å². The fourth-order valence-corrected chi connectivity index (χ4v) is 1.60. The van der Waals surface area contributed by atoms with E-state index in [1.54, 1.807) is 27.7 Å². The molecule has 0 unspecified atom stereocenters. The molecule has 0 saturated carbocycles. The lowest BCUT2D eigenvalue weighted by Crippen LogP contribution is -2.32. The van der Waals surface area contributed by atoms with Crippen LogP contribution >= 0.6 is 0 Å². The lowest BCUT2D eigenvalue weighted by atomic mass is 10.0. The van der Waals surface area contributed by atoms with Gasteiger partial charge >= 0.3 is 11.9 Å². The van der Waals surface area contributed by atoms with Gasteiger partial charge in [-0.15, -0.1) is 0 Å². The van der Waals surface area contributed by atoms with Crippen molar-refractivity contribution in [2.75, 3.05) is 6.61 Å². The maximum absolute atomic E-state index is 12.2. The predicted octanol–water partition coefficient (Wildman–Crippen LogP) is 1.98. The first-order valence-electron chi connectivity index (χ1n) is 6.65. The number of pyridine rings is 1. The Labute approximate surface area is 127 Å². The summed E-state index contributed by atoms with van der Waals surface area (Å²) in [6, 6.07) is 2.41. The average molecular weight is 310 g/mol. The summed E-state index contributed by atoms with van der Waals surface area (Å²) in [5.74, 6) is -3.00. The van der Waals surface area contributed by atoms with Crippen molar-refractivity contribution < 1.29 is 24.0 Å². The van der Waals surface area contributed by atoms with Gasteiger partial charge in [0.25, 0.3) is 5.69 Å². The maximum atomic E-state index is 12.2. The molecule has 0 amide bonds. The van der Waals surface area contributed by atoms with E-state index in [0.29, 0.717) is 0 Å². The Morgan fingerprint density at radius 1 is 1.32 bits per heavy atom. The molecule has 8 heteroatoms. The fourth-order valence-electron chi connectivity index (χ4n) is 1.60. The third kappa shape index (κ3) is 4.80. The second-order valence-electron chi connectivity index (χ2n) is 5.42. The van der Waals surface area contributed by atoms with E-state index < -0.39 is 28.4 Å². The van der Waals surface area contributed by atoms with Crippen molar-refractivity contribution in [3.8, 4) is 0 Å². The van der Waals surface area contributed by atoms with Gasteiger partial charge in [0, 0.05) is 6.07 Å². The average Bonchev–Trinajstić information content (AvgIpc) is 2.37. The number of rotatable bonds is 5. The Morgan fingerprint density at radius 3 is 2.36 bits per heavy atom. The Bertz CT molecular complexity index is 562. The molecule has 1 rings (SSSR count). The van der Waals surface area contributed by atoms with Crippen molar-refractivity contribution in [1.82, 2.24) is 4.98 Å². The normalized spacial score (nSPS) is 12.4. The standard InChI is InChI=1S/C14H18N2O6/c1-5-21-12(17)11(13(18)22-14(2,3)4)10-7-6-9(8-15-10)16(19)20/h6-8,11H,5H2,1-4H3/t11-/m0/s1. The molecule has 0 spiro atoms. The highest BCUT2D eigenvalue weighted by atomic mass is 16.6. The zero-order valence-electron chi connectivity index (χ0n) is 12.9. The Balaban J connectivity index is 3.12. The van der Waals surface area contributed by atoms with Crippen molar-refractivity contribution in [1.29, 1.82) is 0 Å². The fraction of sp³-hybridized carbons (Fsp3) is 0.500. The molecule has 1 atom stereocenters. The van der Waals surface area contributed by atoms with Crippen LogP contribution in [0.2, 0.25) is 0 Å². The number of carbonyl (C=O) groups excluding carboxylic acids is 2. The molecule has 0 aliphatic rings. The number of hydrogen-bond acceptors (Lipinski definition) is 7.